The fraction of sp³-hybridized carbons (Fsp3) is 0.307. The van der Waals surface area contributed by atoms with Gasteiger partial charge in [0.2, 0.25) is 0 Å². The topological polar surface area (TPSA) is 0 Å². The zero-order valence-corrected chi connectivity index (χ0v) is 48.3. The number of rotatable bonds is 6. The molecule has 0 bridgehead atoms. The Morgan fingerprint density at radius 2 is 1.08 bits per heavy atom. The molecule has 5 aliphatic carbocycles. The molecule has 0 heteroatoms. The van der Waals surface area contributed by atoms with Crippen molar-refractivity contribution in [1.82, 2.24) is 0 Å². The molecule has 1 unspecified atom stereocenters. The highest BCUT2D eigenvalue weighted by molar-refractivity contribution is 5.93. The molecule has 6 aromatic carbocycles. The lowest BCUT2D eigenvalue weighted by Gasteiger charge is -2.22. The zero-order chi connectivity index (χ0) is 53.8. The van der Waals surface area contributed by atoms with Gasteiger partial charge < -0.3 is 0 Å². The highest BCUT2D eigenvalue weighted by Crippen LogP contribution is 2.49. The van der Waals surface area contributed by atoms with Gasteiger partial charge in [0.15, 0.2) is 0 Å². The minimum atomic E-state index is 0.151. The van der Waals surface area contributed by atoms with Crippen molar-refractivity contribution in [2.24, 2.45) is 5.92 Å². The van der Waals surface area contributed by atoms with Crippen LogP contribution >= 0.6 is 0 Å². The Morgan fingerprint density at radius 3 is 1.76 bits per heavy atom. The molecule has 11 rings (SSSR count). The molecule has 0 saturated heterocycles. The standard InChI is InChI=1S/C42H42.C16H16.C13H16.2C2H6/c1-27-18-21-33(22-19-27)34-23-24-40(37-14-9-13-36(31(37)5)35-12-8-7-11-29(35)3)42(26-34)39-16-10-15-38(32(39)6)41-25-28(2)17-20-30(41)4;1-11-8-9-13-12-6-4-5-7-14(12)16(2,3)15(13)10-11;1-11-7-9-13(10-8-11)12-5-3-2-4-6-12;2*1-2/h7,9-11,13-18,20-27H,8,12,19H2,1-6H3;4-10H,1-3H3;3,5-7,9H,2,4,8,10H2,1H3;2*1-2H3. The van der Waals surface area contributed by atoms with Crippen LogP contribution in [0, 0.1) is 40.5 Å². The molecule has 0 fully saturated rings. The summed E-state index contributed by atoms with van der Waals surface area (Å²) in [6.07, 6.45) is 31.3. The van der Waals surface area contributed by atoms with Crippen LogP contribution in [0.5, 0.6) is 0 Å². The predicted octanol–water partition coefficient (Wildman–Crippen LogP) is 22.3. The summed E-state index contributed by atoms with van der Waals surface area (Å²) in [5.74, 6) is 0.599. The first-order valence-electron chi connectivity index (χ1n) is 28.4. The molecular weight excluding hydrogens is 901 g/mol. The molecule has 0 spiro atoms. The first-order valence-corrected chi connectivity index (χ1v) is 28.4. The lowest BCUT2D eigenvalue weighted by atomic mass is 9.82. The Labute approximate surface area is 454 Å². The van der Waals surface area contributed by atoms with Gasteiger partial charge in [-0.1, -0.05) is 235 Å². The van der Waals surface area contributed by atoms with Gasteiger partial charge in [-0.3, -0.25) is 0 Å². The largest absolute Gasteiger partial charge is 0.0839 e. The van der Waals surface area contributed by atoms with E-state index in [1.165, 1.54) is 154 Å². The maximum atomic E-state index is 2.44. The third-order valence-electron chi connectivity index (χ3n) is 15.8. The summed E-state index contributed by atoms with van der Waals surface area (Å²) in [5.41, 5.74) is 31.8. The summed E-state index contributed by atoms with van der Waals surface area (Å²) in [7, 11) is 0. The normalized spacial score (nSPS) is 16.6. The van der Waals surface area contributed by atoms with E-state index < -0.39 is 0 Å². The number of fused-ring (bicyclic) bond motifs is 3. The highest BCUT2D eigenvalue weighted by Gasteiger charge is 2.34. The summed E-state index contributed by atoms with van der Waals surface area (Å²) in [6, 6.07) is 43.2. The first kappa shape index (κ1) is 56.0. The van der Waals surface area contributed by atoms with Crippen molar-refractivity contribution in [3.8, 4) is 44.5 Å². The van der Waals surface area contributed by atoms with E-state index in [1.807, 2.05) is 27.7 Å². The van der Waals surface area contributed by atoms with Crippen LogP contribution in [0.25, 0.3) is 55.7 Å². The van der Waals surface area contributed by atoms with E-state index in [4.69, 9.17) is 0 Å². The number of benzene rings is 6. The Balaban J connectivity index is 0.000000201. The van der Waals surface area contributed by atoms with E-state index in [1.54, 1.807) is 0 Å². The number of hydrogen-bond donors (Lipinski definition) is 0. The Kier molecular flexibility index (Phi) is 19.1. The van der Waals surface area contributed by atoms with E-state index in [2.05, 4.69) is 245 Å². The third-order valence-corrected chi connectivity index (χ3v) is 15.8. The van der Waals surface area contributed by atoms with Crippen LogP contribution in [0.3, 0.4) is 0 Å². The van der Waals surface area contributed by atoms with E-state index in [-0.39, 0.29) is 5.41 Å². The van der Waals surface area contributed by atoms with Crippen molar-refractivity contribution in [1.29, 1.82) is 0 Å². The maximum absolute atomic E-state index is 2.44. The van der Waals surface area contributed by atoms with Crippen LogP contribution < -0.4 is 0 Å². The lowest BCUT2D eigenvalue weighted by Crippen LogP contribution is -2.14. The smallest absolute Gasteiger partial charge is 0.0158 e. The van der Waals surface area contributed by atoms with Gasteiger partial charge in [0.1, 0.15) is 0 Å². The van der Waals surface area contributed by atoms with Gasteiger partial charge in [-0.2, -0.15) is 0 Å². The van der Waals surface area contributed by atoms with Crippen LogP contribution in [0.4, 0.5) is 0 Å². The van der Waals surface area contributed by atoms with Crippen molar-refractivity contribution in [3.05, 3.63) is 248 Å². The fourth-order valence-electron chi connectivity index (χ4n) is 11.4. The summed E-state index contributed by atoms with van der Waals surface area (Å²) in [4.78, 5) is 0. The number of aryl methyl sites for hydroxylation is 3. The second-order valence-corrected chi connectivity index (χ2v) is 21.4. The van der Waals surface area contributed by atoms with Crippen molar-refractivity contribution in [3.63, 3.8) is 0 Å². The number of allylic oxidation sites excluding steroid dienone is 16. The molecule has 0 amide bonds. The van der Waals surface area contributed by atoms with Crippen molar-refractivity contribution >= 4 is 11.1 Å². The van der Waals surface area contributed by atoms with Gasteiger partial charge in [-0.15, -0.1) is 0 Å². The molecule has 0 N–H and O–H groups in total. The molecule has 0 aromatic heterocycles. The molecule has 75 heavy (non-hydrogen) atoms. The van der Waals surface area contributed by atoms with Crippen LogP contribution in [-0.2, 0) is 5.41 Å². The first-order chi connectivity index (χ1) is 36.3. The molecule has 0 nitrogen and oxygen atoms in total. The SMILES string of the molecule is CC.CC.CC1=C(c2cccc(-c3ccc(C4=CCC(C)C=C4)cc3-c3cccc(-c4cc(C)ccc4C)c3C)c2C)CCC=C1.CC1=CC=C(C2=CCCC=C2)CC1.Cc1ccc2c(c1)C(C)(C)c1ccccc1-2. The molecule has 6 aromatic rings. The van der Waals surface area contributed by atoms with Crippen LogP contribution in [0.15, 0.2) is 198 Å². The molecule has 5 aliphatic rings. The third kappa shape index (κ3) is 12.7. The van der Waals surface area contributed by atoms with Gasteiger partial charge >= 0.3 is 0 Å². The predicted molar refractivity (Wildman–Crippen MR) is 333 cm³/mol. The van der Waals surface area contributed by atoms with Gasteiger partial charge in [0, 0.05) is 5.41 Å². The molecule has 0 saturated carbocycles. The molecule has 0 radical (unpaired) electrons. The minimum absolute atomic E-state index is 0.151. The lowest BCUT2D eigenvalue weighted by molar-refractivity contribution is 0.660. The zero-order valence-electron chi connectivity index (χ0n) is 48.3. The quantitative estimate of drug-likeness (QED) is 0.156. The van der Waals surface area contributed by atoms with Gasteiger partial charge in [-0.25, -0.2) is 0 Å². The van der Waals surface area contributed by atoms with Gasteiger partial charge in [0.05, 0.1) is 0 Å². The Bertz CT molecular complexity index is 3260. The van der Waals surface area contributed by atoms with E-state index >= 15 is 0 Å². The summed E-state index contributed by atoms with van der Waals surface area (Å²) >= 11 is 0. The summed E-state index contributed by atoms with van der Waals surface area (Å²) < 4.78 is 0. The fourth-order valence-corrected chi connectivity index (χ4v) is 11.4. The average molecular weight is 988 g/mol. The highest BCUT2D eigenvalue weighted by atomic mass is 14.4. The summed E-state index contributed by atoms with van der Waals surface area (Å²) in [6.45, 7) is 30.6. The van der Waals surface area contributed by atoms with Crippen LogP contribution in [-0.4, -0.2) is 0 Å². The van der Waals surface area contributed by atoms with Crippen molar-refractivity contribution < 1.29 is 0 Å². The van der Waals surface area contributed by atoms with Crippen LogP contribution in [0.1, 0.15) is 157 Å². The van der Waals surface area contributed by atoms with E-state index in [0.717, 1.165) is 19.3 Å². The second-order valence-electron chi connectivity index (χ2n) is 21.4. The Hall–Kier alpha value is -6.76. The Morgan fingerprint density at radius 1 is 0.453 bits per heavy atom. The van der Waals surface area contributed by atoms with Crippen molar-refractivity contribution in [2.45, 2.75) is 147 Å². The summed E-state index contributed by atoms with van der Waals surface area (Å²) in [5, 5.41) is 0. The molecule has 0 aliphatic heterocycles. The molecule has 0 heterocycles. The van der Waals surface area contributed by atoms with E-state index in [9.17, 15) is 0 Å². The van der Waals surface area contributed by atoms with Gasteiger partial charge in [-0.05, 0) is 217 Å². The average Bonchev–Trinajstić information content (AvgIpc) is 3.68. The van der Waals surface area contributed by atoms with Crippen molar-refractivity contribution in [2.75, 3.05) is 0 Å². The minimum Gasteiger partial charge on any atom is -0.0839 e. The monoisotopic (exact) mass is 987 g/mol. The van der Waals surface area contributed by atoms with Crippen LogP contribution in [0.2, 0.25) is 0 Å². The van der Waals surface area contributed by atoms with Gasteiger partial charge in [0.25, 0.3) is 0 Å². The molecule has 1 atom stereocenters. The van der Waals surface area contributed by atoms with E-state index in [0.29, 0.717) is 5.92 Å². The number of hydrogen-bond acceptors (Lipinski definition) is 0. The maximum Gasteiger partial charge on any atom is 0.0158 e. The second kappa shape index (κ2) is 25.7. The molecule has 386 valence electrons. The molecular formula is C75H86.